The van der Waals surface area contributed by atoms with Gasteiger partial charge in [-0.15, -0.1) is 0 Å². The monoisotopic (exact) mass is 528 g/mol. The zero-order valence-corrected chi connectivity index (χ0v) is 23.2. The Labute approximate surface area is 208 Å². The fourth-order valence-corrected chi connectivity index (χ4v) is 5.16. The van der Waals surface area contributed by atoms with E-state index in [1.807, 2.05) is 0 Å². The fraction of sp³-hybridized carbons (Fsp3) is 0.636. The molecule has 1 saturated heterocycles. The second-order valence-electron chi connectivity index (χ2n) is 10.0. The molecule has 0 spiro atoms. The lowest BCUT2D eigenvalue weighted by molar-refractivity contribution is -0.384. The minimum absolute atomic E-state index is 0.0180. The van der Waals surface area contributed by atoms with Crippen molar-refractivity contribution < 1.29 is 27.3 Å². The molecule has 13 heteroatoms. The number of hydrogen-bond donors (Lipinski definition) is 0. The minimum Gasteiger partial charge on any atom is -0.445 e. The SMILES string of the molecule is CCS(=O)(=O)N(C)N=C[C@@H]1C[C@@H](O[Si](C)(C)C(C)(C)C)CN1C(=O)OCc1ccc([N+](=O)[O-])cc1. The highest BCUT2D eigenvalue weighted by Gasteiger charge is 2.43. The van der Waals surface area contributed by atoms with Crippen LogP contribution in [-0.4, -0.2) is 74.8 Å². The molecule has 1 aliphatic rings. The second-order valence-corrected chi connectivity index (χ2v) is 17.1. The van der Waals surface area contributed by atoms with Crippen molar-refractivity contribution in [2.24, 2.45) is 5.10 Å². The van der Waals surface area contributed by atoms with E-state index in [4.69, 9.17) is 9.16 Å². The molecule has 196 valence electrons. The summed E-state index contributed by atoms with van der Waals surface area (Å²) < 4.78 is 37.0. The number of ether oxygens (including phenoxy) is 1. The van der Waals surface area contributed by atoms with Crippen molar-refractivity contribution in [3.05, 3.63) is 39.9 Å². The molecule has 1 aromatic carbocycles. The van der Waals surface area contributed by atoms with Gasteiger partial charge in [0.25, 0.3) is 5.69 Å². The molecule has 1 aliphatic heterocycles. The molecule has 0 bridgehead atoms. The average molecular weight is 529 g/mol. The van der Waals surface area contributed by atoms with E-state index in [0.717, 1.165) is 4.41 Å². The van der Waals surface area contributed by atoms with Gasteiger partial charge < -0.3 is 9.16 Å². The molecule has 1 fully saturated rings. The van der Waals surface area contributed by atoms with E-state index in [1.54, 1.807) is 0 Å². The van der Waals surface area contributed by atoms with Gasteiger partial charge in [-0.25, -0.2) is 13.2 Å². The Morgan fingerprint density at radius 3 is 2.43 bits per heavy atom. The summed E-state index contributed by atoms with van der Waals surface area (Å²) in [4.78, 5) is 24.8. The number of benzene rings is 1. The van der Waals surface area contributed by atoms with Gasteiger partial charge in [-0.2, -0.15) is 9.52 Å². The fourth-order valence-electron chi connectivity index (χ4n) is 3.23. The Kier molecular flexibility index (Phi) is 9.06. The first kappa shape index (κ1) is 28.7. The van der Waals surface area contributed by atoms with Crippen LogP contribution in [0.2, 0.25) is 18.1 Å². The number of nitro groups is 1. The summed E-state index contributed by atoms with van der Waals surface area (Å²) in [7, 11) is -4.28. The van der Waals surface area contributed by atoms with Gasteiger partial charge in [-0.1, -0.05) is 20.8 Å². The van der Waals surface area contributed by atoms with Crippen LogP contribution in [0.1, 0.15) is 39.7 Å². The topological polar surface area (TPSA) is 132 Å². The molecule has 1 heterocycles. The van der Waals surface area contributed by atoms with Crippen LogP contribution in [0.5, 0.6) is 0 Å². The number of carbonyl (C=O) groups excluding carboxylic acids is 1. The van der Waals surface area contributed by atoms with E-state index in [0.29, 0.717) is 12.0 Å². The van der Waals surface area contributed by atoms with Crippen LogP contribution >= 0.6 is 0 Å². The third-order valence-electron chi connectivity index (χ3n) is 6.49. The Morgan fingerprint density at radius 1 is 1.31 bits per heavy atom. The molecular weight excluding hydrogens is 492 g/mol. The van der Waals surface area contributed by atoms with Crippen molar-refractivity contribution >= 4 is 36.3 Å². The molecule has 2 rings (SSSR count). The van der Waals surface area contributed by atoms with Crippen LogP contribution in [0.15, 0.2) is 29.4 Å². The molecule has 11 nitrogen and oxygen atoms in total. The highest BCUT2D eigenvalue weighted by atomic mass is 32.2. The number of rotatable bonds is 9. The molecule has 0 radical (unpaired) electrons. The Balaban J connectivity index is 2.17. The third-order valence-corrected chi connectivity index (χ3v) is 12.6. The summed E-state index contributed by atoms with van der Waals surface area (Å²) in [6.45, 7) is 12.4. The highest BCUT2D eigenvalue weighted by Crippen LogP contribution is 2.39. The number of amides is 1. The maximum atomic E-state index is 13.0. The van der Waals surface area contributed by atoms with E-state index >= 15 is 0 Å². The number of carbonyl (C=O) groups is 1. The number of non-ortho nitro benzene ring substituents is 1. The number of hydrogen-bond acceptors (Lipinski definition) is 8. The van der Waals surface area contributed by atoms with E-state index in [9.17, 15) is 23.3 Å². The lowest BCUT2D eigenvalue weighted by Crippen LogP contribution is -2.44. The standard InChI is InChI=1S/C22H36N4O7SSi/c1-8-34(30,31)24(5)23-14-19-13-20(33-35(6,7)22(2,3)4)15-25(19)21(27)32-16-17-9-11-18(12-10-17)26(28)29/h9-12,14,19-20H,8,13,15-16H2,1-7H3/t19-,20+/m0/s1. The predicted molar refractivity (Wildman–Crippen MR) is 136 cm³/mol. The zero-order valence-electron chi connectivity index (χ0n) is 21.4. The lowest BCUT2D eigenvalue weighted by Gasteiger charge is -2.38. The predicted octanol–water partition coefficient (Wildman–Crippen LogP) is 3.96. The van der Waals surface area contributed by atoms with E-state index in [2.05, 4.69) is 39.0 Å². The summed E-state index contributed by atoms with van der Waals surface area (Å²) in [5.41, 5.74) is 0.559. The number of hydrazone groups is 1. The first-order valence-electron chi connectivity index (χ1n) is 11.4. The van der Waals surface area contributed by atoms with Gasteiger partial charge in [0.05, 0.1) is 22.8 Å². The van der Waals surface area contributed by atoms with Crippen LogP contribution in [0.25, 0.3) is 0 Å². The summed E-state index contributed by atoms with van der Waals surface area (Å²) in [6.07, 6.45) is 1.06. The zero-order chi connectivity index (χ0) is 26.6. The van der Waals surface area contributed by atoms with Gasteiger partial charge in [-0.3, -0.25) is 15.0 Å². The molecule has 0 N–H and O–H groups in total. The van der Waals surface area contributed by atoms with Crippen LogP contribution in [0, 0.1) is 10.1 Å². The van der Waals surface area contributed by atoms with Crippen molar-refractivity contribution in [3.8, 4) is 0 Å². The summed E-state index contributed by atoms with van der Waals surface area (Å²) in [5.74, 6) is -0.0936. The Bertz CT molecular complexity index is 1040. The maximum absolute atomic E-state index is 13.0. The first-order valence-corrected chi connectivity index (χ1v) is 15.9. The van der Waals surface area contributed by atoms with E-state index in [-0.39, 0.29) is 35.7 Å². The molecule has 0 aromatic heterocycles. The first-order chi connectivity index (χ1) is 16.1. The lowest BCUT2D eigenvalue weighted by atomic mass is 10.2. The van der Waals surface area contributed by atoms with Gasteiger partial charge in [-0.05, 0) is 49.2 Å². The molecule has 35 heavy (non-hydrogen) atoms. The van der Waals surface area contributed by atoms with Crippen molar-refractivity contribution in [1.29, 1.82) is 0 Å². The van der Waals surface area contributed by atoms with Crippen molar-refractivity contribution in [2.45, 2.75) is 71.0 Å². The van der Waals surface area contributed by atoms with Crippen molar-refractivity contribution in [2.75, 3.05) is 19.3 Å². The van der Waals surface area contributed by atoms with Gasteiger partial charge >= 0.3 is 6.09 Å². The third kappa shape index (κ3) is 7.48. The van der Waals surface area contributed by atoms with Gasteiger partial charge in [0.2, 0.25) is 10.0 Å². The van der Waals surface area contributed by atoms with Crippen LogP contribution < -0.4 is 0 Å². The van der Waals surface area contributed by atoms with Crippen LogP contribution in [0.4, 0.5) is 10.5 Å². The number of nitro benzene ring substituents is 1. The summed E-state index contributed by atoms with van der Waals surface area (Å²) >= 11 is 0. The number of likely N-dealkylation sites (tertiary alicyclic amines) is 1. The van der Waals surface area contributed by atoms with Gasteiger partial charge in [0.1, 0.15) is 6.61 Å². The van der Waals surface area contributed by atoms with E-state index in [1.165, 1.54) is 49.4 Å². The van der Waals surface area contributed by atoms with Gasteiger partial charge in [0.15, 0.2) is 8.32 Å². The minimum atomic E-state index is -3.52. The number of sulfonamides is 1. The Hall–Kier alpha value is -2.51. The maximum Gasteiger partial charge on any atom is 0.410 e. The van der Waals surface area contributed by atoms with Crippen LogP contribution in [-0.2, 0) is 25.8 Å². The average Bonchev–Trinajstić information content (AvgIpc) is 3.17. The summed E-state index contributed by atoms with van der Waals surface area (Å²) in [5, 5.41) is 14.9. The normalized spacial score (nSPS) is 19.2. The molecule has 1 aromatic rings. The van der Waals surface area contributed by atoms with Crippen molar-refractivity contribution in [3.63, 3.8) is 0 Å². The molecular formula is C22H36N4O7SSi. The molecule has 0 saturated carbocycles. The molecule has 0 unspecified atom stereocenters. The van der Waals surface area contributed by atoms with Crippen molar-refractivity contribution in [1.82, 2.24) is 9.31 Å². The second kappa shape index (κ2) is 11.0. The Morgan fingerprint density at radius 2 is 1.91 bits per heavy atom. The van der Waals surface area contributed by atoms with Crippen LogP contribution in [0.3, 0.4) is 0 Å². The molecule has 2 atom stereocenters. The van der Waals surface area contributed by atoms with E-state index < -0.39 is 35.4 Å². The quantitative estimate of drug-likeness (QED) is 0.205. The van der Waals surface area contributed by atoms with Gasteiger partial charge in [0, 0.05) is 31.9 Å². The summed E-state index contributed by atoms with van der Waals surface area (Å²) in [6, 6.07) is 5.25. The highest BCUT2D eigenvalue weighted by molar-refractivity contribution is 7.89. The largest absolute Gasteiger partial charge is 0.445 e. The molecule has 0 aliphatic carbocycles. The number of nitrogens with zero attached hydrogens (tertiary/aromatic N) is 4. The smallest absolute Gasteiger partial charge is 0.410 e. The molecule has 1 amide bonds.